The van der Waals surface area contributed by atoms with Gasteiger partial charge in [0.2, 0.25) is 0 Å². The van der Waals surface area contributed by atoms with E-state index in [-0.39, 0.29) is 16.6 Å². The second-order valence-electron chi connectivity index (χ2n) is 8.12. The van der Waals surface area contributed by atoms with E-state index in [2.05, 4.69) is 40.7 Å². The fourth-order valence-electron chi connectivity index (χ4n) is 2.92. The summed E-state index contributed by atoms with van der Waals surface area (Å²) >= 11 is 0. The van der Waals surface area contributed by atoms with Gasteiger partial charge < -0.3 is 10.2 Å². The summed E-state index contributed by atoms with van der Waals surface area (Å²) < 4.78 is 0. The SMILES string of the molecule is CC(C)(C)c1cc(O)cc(CC(C)(C)C(O)c2ccccc2)c1. The zero-order valence-corrected chi connectivity index (χ0v) is 14.8. The molecule has 0 fully saturated rings. The van der Waals surface area contributed by atoms with Gasteiger partial charge in [0.25, 0.3) is 0 Å². The van der Waals surface area contributed by atoms with E-state index in [4.69, 9.17) is 0 Å². The van der Waals surface area contributed by atoms with Crippen LogP contribution >= 0.6 is 0 Å². The highest BCUT2D eigenvalue weighted by molar-refractivity contribution is 5.37. The summed E-state index contributed by atoms with van der Waals surface area (Å²) in [6.45, 7) is 10.5. The zero-order valence-electron chi connectivity index (χ0n) is 14.8. The normalized spacial score (nSPS) is 13.8. The molecule has 23 heavy (non-hydrogen) atoms. The minimum absolute atomic E-state index is 0.0182. The van der Waals surface area contributed by atoms with Crippen molar-refractivity contribution >= 4 is 0 Å². The quantitative estimate of drug-likeness (QED) is 0.834. The van der Waals surface area contributed by atoms with Crippen molar-refractivity contribution < 1.29 is 10.2 Å². The van der Waals surface area contributed by atoms with E-state index in [1.54, 1.807) is 6.07 Å². The van der Waals surface area contributed by atoms with Gasteiger partial charge in [-0.3, -0.25) is 0 Å². The maximum absolute atomic E-state index is 10.7. The third-order valence-electron chi connectivity index (χ3n) is 4.36. The van der Waals surface area contributed by atoms with Gasteiger partial charge in [-0.15, -0.1) is 0 Å². The highest BCUT2D eigenvalue weighted by Crippen LogP contribution is 2.38. The number of rotatable bonds is 4. The van der Waals surface area contributed by atoms with Crippen LogP contribution in [0.25, 0.3) is 0 Å². The largest absolute Gasteiger partial charge is 0.508 e. The van der Waals surface area contributed by atoms with Crippen LogP contribution < -0.4 is 0 Å². The lowest BCUT2D eigenvalue weighted by Crippen LogP contribution is -2.25. The molecule has 2 nitrogen and oxygen atoms in total. The molecule has 0 saturated heterocycles. The predicted octanol–water partition coefficient (Wildman–Crippen LogP) is 4.99. The molecular weight excluding hydrogens is 284 g/mol. The number of hydrogen-bond acceptors (Lipinski definition) is 2. The molecule has 0 saturated carbocycles. The van der Waals surface area contributed by atoms with Crippen LogP contribution in [0.15, 0.2) is 48.5 Å². The maximum atomic E-state index is 10.7. The fourth-order valence-corrected chi connectivity index (χ4v) is 2.92. The smallest absolute Gasteiger partial charge is 0.116 e. The van der Waals surface area contributed by atoms with Gasteiger partial charge in [-0.25, -0.2) is 0 Å². The van der Waals surface area contributed by atoms with Crippen LogP contribution in [0.4, 0.5) is 0 Å². The predicted molar refractivity (Wildman–Crippen MR) is 95.7 cm³/mol. The van der Waals surface area contributed by atoms with Gasteiger partial charge in [-0.05, 0) is 46.1 Å². The number of benzene rings is 2. The first-order valence-corrected chi connectivity index (χ1v) is 8.16. The minimum Gasteiger partial charge on any atom is -0.508 e. The number of hydrogen-bond donors (Lipinski definition) is 2. The summed E-state index contributed by atoms with van der Waals surface area (Å²) in [6.07, 6.45) is 0.143. The molecule has 0 aromatic heterocycles. The summed E-state index contributed by atoms with van der Waals surface area (Å²) in [7, 11) is 0. The van der Waals surface area contributed by atoms with Crippen LogP contribution in [0.5, 0.6) is 5.75 Å². The Morgan fingerprint density at radius 1 is 0.913 bits per heavy atom. The Morgan fingerprint density at radius 3 is 2.09 bits per heavy atom. The molecule has 0 aliphatic heterocycles. The molecule has 1 atom stereocenters. The van der Waals surface area contributed by atoms with E-state index in [0.717, 1.165) is 16.7 Å². The summed E-state index contributed by atoms with van der Waals surface area (Å²) in [6, 6.07) is 15.5. The summed E-state index contributed by atoms with van der Waals surface area (Å²) in [5.74, 6) is 0.289. The fraction of sp³-hybridized carbons (Fsp3) is 0.429. The van der Waals surface area contributed by atoms with E-state index >= 15 is 0 Å². The van der Waals surface area contributed by atoms with E-state index < -0.39 is 6.10 Å². The standard InChI is InChI=1S/C21H28O2/c1-20(2,3)17-11-15(12-18(22)13-17)14-21(4,5)19(23)16-9-7-6-8-10-16/h6-13,19,22-23H,14H2,1-5H3. The van der Waals surface area contributed by atoms with Gasteiger partial charge in [0, 0.05) is 0 Å². The molecule has 2 aromatic rings. The second kappa shape index (κ2) is 6.37. The van der Waals surface area contributed by atoms with E-state index in [1.807, 2.05) is 36.4 Å². The van der Waals surface area contributed by atoms with Crippen molar-refractivity contribution in [3.05, 3.63) is 65.2 Å². The Kier molecular flexibility index (Phi) is 4.86. The van der Waals surface area contributed by atoms with Gasteiger partial charge >= 0.3 is 0 Å². The lowest BCUT2D eigenvalue weighted by molar-refractivity contribution is 0.0494. The van der Waals surface area contributed by atoms with Crippen molar-refractivity contribution in [2.45, 2.75) is 52.6 Å². The van der Waals surface area contributed by atoms with Crippen LogP contribution in [0, 0.1) is 5.41 Å². The van der Waals surface area contributed by atoms with E-state index in [1.165, 1.54) is 0 Å². The molecule has 2 N–H and O–H groups in total. The Labute approximate surface area is 139 Å². The molecule has 0 bridgehead atoms. The number of phenolic OH excluding ortho intramolecular Hbond substituents is 1. The van der Waals surface area contributed by atoms with E-state index in [0.29, 0.717) is 6.42 Å². The zero-order chi connectivity index (χ0) is 17.3. The minimum atomic E-state index is -0.552. The maximum Gasteiger partial charge on any atom is 0.116 e. The van der Waals surface area contributed by atoms with Crippen LogP contribution in [-0.2, 0) is 11.8 Å². The average Bonchev–Trinajstić information content (AvgIpc) is 2.45. The van der Waals surface area contributed by atoms with Crippen LogP contribution in [0.3, 0.4) is 0 Å². The molecule has 0 aliphatic rings. The van der Waals surface area contributed by atoms with Gasteiger partial charge in [0.1, 0.15) is 5.75 Å². The van der Waals surface area contributed by atoms with Gasteiger partial charge in [0.05, 0.1) is 6.10 Å². The number of aliphatic hydroxyl groups excluding tert-OH is 1. The third kappa shape index (κ3) is 4.35. The summed E-state index contributed by atoms with van der Waals surface area (Å²) in [5, 5.41) is 20.8. The molecular formula is C21H28O2. The lowest BCUT2D eigenvalue weighted by atomic mass is 9.76. The van der Waals surface area contributed by atoms with Gasteiger partial charge in [-0.2, -0.15) is 0 Å². The van der Waals surface area contributed by atoms with Crippen molar-refractivity contribution in [3.63, 3.8) is 0 Å². The van der Waals surface area contributed by atoms with Crippen LogP contribution in [0.2, 0.25) is 0 Å². The van der Waals surface area contributed by atoms with E-state index in [9.17, 15) is 10.2 Å². The second-order valence-corrected chi connectivity index (χ2v) is 8.12. The molecule has 0 spiro atoms. The van der Waals surface area contributed by atoms with Gasteiger partial charge in [0.15, 0.2) is 0 Å². The molecule has 0 heterocycles. The van der Waals surface area contributed by atoms with Crippen molar-refractivity contribution in [1.29, 1.82) is 0 Å². The van der Waals surface area contributed by atoms with Crippen molar-refractivity contribution in [2.75, 3.05) is 0 Å². The average molecular weight is 312 g/mol. The highest BCUT2D eigenvalue weighted by atomic mass is 16.3. The monoisotopic (exact) mass is 312 g/mol. The van der Waals surface area contributed by atoms with Crippen molar-refractivity contribution in [3.8, 4) is 5.75 Å². The van der Waals surface area contributed by atoms with Crippen molar-refractivity contribution in [1.82, 2.24) is 0 Å². The van der Waals surface area contributed by atoms with Gasteiger partial charge in [-0.1, -0.05) is 71.0 Å². The van der Waals surface area contributed by atoms with Crippen LogP contribution in [-0.4, -0.2) is 10.2 Å². The topological polar surface area (TPSA) is 40.5 Å². The first-order valence-electron chi connectivity index (χ1n) is 8.16. The molecule has 0 radical (unpaired) electrons. The molecule has 1 unspecified atom stereocenters. The molecule has 2 rings (SSSR count). The molecule has 0 amide bonds. The first-order chi connectivity index (χ1) is 10.6. The Bertz CT molecular complexity index is 651. The summed E-state index contributed by atoms with van der Waals surface area (Å²) in [5.41, 5.74) is 2.74. The Morgan fingerprint density at radius 2 is 1.52 bits per heavy atom. The first kappa shape index (κ1) is 17.6. The molecule has 0 aliphatic carbocycles. The lowest BCUT2D eigenvalue weighted by Gasteiger charge is -2.32. The van der Waals surface area contributed by atoms with Crippen molar-refractivity contribution in [2.24, 2.45) is 5.41 Å². The molecule has 2 aromatic carbocycles. The number of phenols is 1. The van der Waals surface area contributed by atoms with Crippen LogP contribution in [0.1, 0.15) is 57.4 Å². The Balaban J connectivity index is 2.28. The third-order valence-corrected chi connectivity index (χ3v) is 4.36. The number of aliphatic hydroxyl groups is 1. The Hall–Kier alpha value is -1.80. The molecule has 2 heteroatoms. The number of aromatic hydroxyl groups is 1. The summed E-state index contributed by atoms with van der Waals surface area (Å²) in [4.78, 5) is 0. The highest BCUT2D eigenvalue weighted by Gasteiger charge is 2.30. The molecule has 124 valence electrons.